The fourth-order valence-corrected chi connectivity index (χ4v) is 4.05. The summed E-state index contributed by atoms with van der Waals surface area (Å²) in [5.74, 6) is 0.888. The highest BCUT2D eigenvalue weighted by Gasteiger charge is 2.32. The number of aromatic nitrogens is 2. The van der Waals surface area contributed by atoms with E-state index in [4.69, 9.17) is 4.74 Å². The molecule has 4 rings (SSSR count). The smallest absolute Gasteiger partial charge is 0.410 e. The van der Waals surface area contributed by atoms with Crippen molar-refractivity contribution in [2.24, 2.45) is 5.92 Å². The third kappa shape index (κ3) is 5.07. The molecule has 1 aromatic carbocycles. The van der Waals surface area contributed by atoms with Crippen molar-refractivity contribution < 1.29 is 14.3 Å². The van der Waals surface area contributed by atoms with Crippen LogP contribution in [0.15, 0.2) is 42.6 Å². The molecule has 0 aliphatic carbocycles. The highest BCUT2D eigenvalue weighted by atomic mass is 16.6. The second kappa shape index (κ2) is 9.24. The number of hydrogen-bond donors (Lipinski definition) is 1. The van der Waals surface area contributed by atoms with Gasteiger partial charge in [0.05, 0.1) is 11.6 Å². The van der Waals surface area contributed by atoms with Gasteiger partial charge in [-0.3, -0.25) is 9.69 Å². The van der Waals surface area contributed by atoms with Crippen molar-refractivity contribution in [1.82, 2.24) is 20.4 Å². The molecule has 0 radical (unpaired) electrons. The molecular formula is C24H31N5O3. The number of ether oxygens (including phenoxy) is 1. The molecule has 0 unspecified atom stereocenters. The van der Waals surface area contributed by atoms with Crippen LogP contribution in [0.3, 0.4) is 0 Å². The van der Waals surface area contributed by atoms with Gasteiger partial charge in [0.15, 0.2) is 5.82 Å². The molecule has 2 aromatic rings. The molecule has 2 aliphatic heterocycles. The van der Waals surface area contributed by atoms with Gasteiger partial charge in [0.25, 0.3) is 0 Å². The number of hydrogen-bond acceptors (Lipinski definition) is 6. The fraction of sp³-hybridized carbons (Fsp3) is 0.500. The molecule has 2 saturated heterocycles. The molecule has 8 nitrogen and oxygen atoms in total. The van der Waals surface area contributed by atoms with Crippen LogP contribution in [0, 0.1) is 5.92 Å². The summed E-state index contributed by atoms with van der Waals surface area (Å²) in [6, 6.07) is 11.7. The van der Waals surface area contributed by atoms with Gasteiger partial charge in [-0.05, 0) is 69.4 Å². The van der Waals surface area contributed by atoms with E-state index in [2.05, 4.69) is 27.6 Å². The molecule has 8 heteroatoms. The third-order valence-electron chi connectivity index (χ3n) is 5.91. The molecular weight excluding hydrogens is 406 g/mol. The molecule has 2 aliphatic rings. The Labute approximate surface area is 188 Å². The van der Waals surface area contributed by atoms with Crippen LogP contribution in [-0.2, 0) is 9.53 Å². The van der Waals surface area contributed by atoms with Crippen molar-refractivity contribution in [2.45, 2.75) is 45.1 Å². The summed E-state index contributed by atoms with van der Waals surface area (Å²) < 4.78 is 5.49. The normalized spacial score (nSPS) is 17.5. The van der Waals surface area contributed by atoms with Crippen molar-refractivity contribution in [3.05, 3.63) is 48.2 Å². The van der Waals surface area contributed by atoms with E-state index in [0.29, 0.717) is 37.9 Å². The minimum Gasteiger partial charge on any atom is -0.444 e. The van der Waals surface area contributed by atoms with Crippen molar-refractivity contribution in [2.75, 3.05) is 31.1 Å². The van der Waals surface area contributed by atoms with E-state index in [1.807, 2.05) is 32.9 Å². The van der Waals surface area contributed by atoms with Gasteiger partial charge in [-0.25, -0.2) is 4.79 Å². The van der Waals surface area contributed by atoms with Crippen LogP contribution in [0.5, 0.6) is 0 Å². The van der Waals surface area contributed by atoms with Crippen LogP contribution < -0.4 is 10.2 Å². The molecule has 0 bridgehead atoms. The van der Waals surface area contributed by atoms with Crippen LogP contribution in [0.1, 0.15) is 45.1 Å². The summed E-state index contributed by atoms with van der Waals surface area (Å²) in [4.78, 5) is 28.8. The second-order valence-corrected chi connectivity index (χ2v) is 9.44. The van der Waals surface area contributed by atoms with Crippen molar-refractivity contribution in [1.29, 1.82) is 0 Å². The first-order valence-corrected chi connectivity index (χ1v) is 11.2. The van der Waals surface area contributed by atoms with E-state index >= 15 is 0 Å². The molecule has 3 heterocycles. The number of piperidine rings is 1. The fourth-order valence-electron chi connectivity index (χ4n) is 4.05. The molecule has 1 aromatic heterocycles. The Morgan fingerprint density at radius 3 is 2.31 bits per heavy atom. The van der Waals surface area contributed by atoms with E-state index in [1.165, 1.54) is 5.56 Å². The highest BCUT2D eigenvalue weighted by molar-refractivity contribution is 6.01. The van der Waals surface area contributed by atoms with Crippen LogP contribution in [0.2, 0.25) is 0 Å². The van der Waals surface area contributed by atoms with Crippen LogP contribution in [0.25, 0.3) is 0 Å². The SMILES string of the molecule is CC(C)(C)OC(=O)N1CCC(c2ccc(N(C(=O)C3CNC3)c3cccnn3)cc2)CC1. The molecule has 0 spiro atoms. The van der Waals surface area contributed by atoms with E-state index in [1.54, 1.807) is 28.1 Å². The monoisotopic (exact) mass is 437 g/mol. The molecule has 0 atom stereocenters. The number of carbonyl (C=O) groups is 2. The summed E-state index contributed by atoms with van der Waals surface area (Å²) in [6.07, 6.45) is 3.14. The number of amides is 2. The highest BCUT2D eigenvalue weighted by Crippen LogP contribution is 2.32. The molecule has 170 valence electrons. The Hall–Kier alpha value is -3.00. The molecule has 32 heavy (non-hydrogen) atoms. The lowest BCUT2D eigenvalue weighted by atomic mass is 9.89. The minimum absolute atomic E-state index is 0.0302. The standard InChI is InChI=1S/C24H31N5O3/c1-24(2,3)32-23(31)28-13-10-18(11-14-28)17-6-8-20(9-7-17)29(21-5-4-12-26-27-21)22(30)19-15-25-16-19/h4-9,12,18-19,25H,10-11,13-16H2,1-3H3. The number of nitrogens with one attached hydrogen (secondary N) is 1. The van der Waals surface area contributed by atoms with Crippen LogP contribution in [0.4, 0.5) is 16.3 Å². The summed E-state index contributed by atoms with van der Waals surface area (Å²) >= 11 is 0. The van der Waals surface area contributed by atoms with Gasteiger partial charge >= 0.3 is 6.09 Å². The second-order valence-electron chi connectivity index (χ2n) is 9.44. The predicted molar refractivity (Wildman–Crippen MR) is 122 cm³/mol. The third-order valence-corrected chi connectivity index (χ3v) is 5.91. The predicted octanol–water partition coefficient (Wildman–Crippen LogP) is 3.48. The van der Waals surface area contributed by atoms with Gasteiger partial charge in [-0.15, -0.1) is 5.10 Å². The lowest BCUT2D eigenvalue weighted by Gasteiger charge is -2.34. The Balaban J connectivity index is 1.44. The zero-order valence-corrected chi connectivity index (χ0v) is 19.0. The Bertz CT molecular complexity index is 930. The van der Waals surface area contributed by atoms with Gasteiger partial charge in [0.1, 0.15) is 5.60 Å². The molecule has 0 saturated carbocycles. The number of likely N-dealkylation sites (tertiary alicyclic amines) is 1. The number of carbonyl (C=O) groups excluding carboxylic acids is 2. The molecule has 2 amide bonds. The maximum Gasteiger partial charge on any atom is 0.410 e. The number of nitrogens with zero attached hydrogens (tertiary/aromatic N) is 4. The maximum atomic E-state index is 13.1. The van der Waals surface area contributed by atoms with Gasteiger partial charge in [-0.1, -0.05) is 12.1 Å². The summed E-state index contributed by atoms with van der Waals surface area (Å²) in [7, 11) is 0. The summed E-state index contributed by atoms with van der Waals surface area (Å²) in [5, 5.41) is 11.3. The zero-order chi connectivity index (χ0) is 22.7. The number of rotatable bonds is 4. The Morgan fingerprint density at radius 2 is 1.78 bits per heavy atom. The lowest BCUT2D eigenvalue weighted by molar-refractivity contribution is -0.123. The van der Waals surface area contributed by atoms with Crippen LogP contribution in [-0.4, -0.2) is 58.9 Å². The van der Waals surface area contributed by atoms with E-state index in [9.17, 15) is 9.59 Å². The number of anilines is 2. The number of benzene rings is 1. The Kier molecular flexibility index (Phi) is 6.41. The minimum atomic E-state index is -0.480. The average molecular weight is 438 g/mol. The Morgan fingerprint density at radius 1 is 1.09 bits per heavy atom. The first-order chi connectivity index (χ1) is 15.3. The lowest BCUT2D eigenvalue weighted by Crippen LogP contribution is -2.51. The molecule has 2 fully saturated rings. The summed E-state index contributed by atoms with van der Waals surface area (Å²) in [5.41, 5.74) is 1.53. The van der Waals surface area contributed by atoms with Gasteiger partial charge in [0, 0.05) is 32.4 Å². The van der Waals surface area contributed by atoms with Gasteiger partial charge in [0.2, 0.25) is 5.91 Å². The van der Waals surface area contributed by atoms with Gasteiger partial charge < -0.3 is 15.0 Å². The van der Waals surface area contributed by atoms with Crippen molar-refractivity contribution in [3.63, 3.8) is 0 Å². The maximum absolute atomic E-state index is 13.1. The van der Waals surface area contributed by atoms with Crippen molar-refractivity contribution >= 4 is 23.5 Å². The first-order valence-electron chi connectivity index (χ1n) is 11.2. The van der Waals surface area contributed by atoms with E-state index in [-0.39, 0.29) is 17.9 Å². The topological polar surface area (TPSA) is 87.7 Å². The zero-order valence-electron chi connectivity index (χ0n) is 19.0. The van der Waals surface area contributed by atoms with E-state index < -0.39 is 5.60 Å². The van der Waals surface area contributed by atoms with Gasteiger partial charge in [-0.2, -0.15) is 5.10 Å². The quantitative estimate of drug-likeness (QED) is 0.788. The van der Waals surface area contributed by atoms with Crippen molar-refractivity contribution in [3.8, 4) is 0 Å². The van der Waals surface area contributed by atoms with E-state index in [0.717, 1.165) is 18.5 Å². The van der Waals surface area contributed by atoms with Crippen LogP contribution >= 0.6 is 0 Å². The average Bonchev–Trinajstić information content (AvgIpc) is 2.73. The molecule has 1 N–H and O–H groups in total. The first kappa shape index (κ1) is 22.2. The summed E-state index contributed by atoms with van der Waals surface area (Å²) in [6.45, 7) is 8.38. The largest absolute Gasteiger partial charge is 0.444 e.